The van der Waals surface area contributed by atoms with Gasteiger partial charge in [-0.3, -0.25) is 9.59 Å². The Balaban J connectivity index is 2.24. The van der Waals surface area contributed by atoms with Crippen LogP contribution in [0.15, 0.2) is 5.11 Å². The number of ether oxygens (including phenoxy) is 5. The lowest BCUT2D eigenvalue weighted by atomic mass is 9.76. The third-order valence-electron chi connectivity index (χ3n) is 5.68. The van der Waals surface area contributed by atoms with Crippen LogP contribution in [0.25, 0.3) is 10.4 Å². The van der Waals surface area contributed by atoms with Gasteiger partial charge in [0.05, 0.1) is 44.9 Å². The fourth-order valence-electron chi connectivity index (χ4n) is 3.96. The van der Waals surface area contributed by atoms with Crippen molar-refractivity contribution in [3.63, 3.8) is 0 Å². The molecule has 0 radical (unpaired) electrons. The number of nitrogens with zero attached hydrogens (tertiary/aromatic N) is 3. The number of aliphatic hydroxyl groups excluding tert-OH is 3. The number of nitrogens with two attached hydrogens (primary N) is 1. The van der Waals surface area contributed by atoms with E-state index in [9.17, 15) is 24.9 Å². The molecule has 1 aliphatic carbocycles. The van der Waals surface area contributed by atoms with Crippen molar-refractivity contribution in [2.45, 2.75) is 55.8 Å². The largest absolute Gasteiger partial charge is 0.469 e. The topological polar surface area (TPSA) is 216 Å². The Labute approximate surface area is 184 Å². The SMILES string of the molecule is COC(=O)[C@H]1C[C@H](OCCN=[N+]=[N-])[C@@H](O[C@H]2O[C@H](CN)[C@@H](O)[C@H](O)[C@@H]2O)C[C@@H]1C(=O)OC. The van der Waals surface area contributed by atoms with Crippen LogP contribution in [0.4, 0.5) is 0 Å². The monoisotopic (exact) mass is 462 g/mol. The first-order chi connectivity index (χ1) is 15.3. The van der Waals surface area contributed by atoms with E-state index in [0.717, 1.165) is 0 Å². The second kappa shape index (κ2) is 12.3. The van der Waals surface area contributed by atoms with Crippen molar-refractivity contribution in [2.24, 2.45) is 22.7 Å². The maximum absolute atomic E-state index is 12.3. The number of methoxy groups -OCH3 is 2. The summed E-state index contributed by atoms with van der Waals surface area (Å²) in [5, 5.41) is 33.8. The molecule has 14 nitrogen and oxygen atoms in total. The van der Waals surface area contributed by atoms with Crippen molar-refractivity contribution >= 4 is 11.9 Å². The molecule has 0 bridgehead atoms. The summed E-state index contributed by atoms with van der Waals surface area (Å²) in [6.07, 6.45) is -8.66. The van der Waals surface area contributed by atoms with E-state index in [1.165, 1.54) is 14.2 Å². The number of aliphatic hydroxyl groups is 3. The molecule has 32 heavy (non-hydrogen) atoms. The number of rotatable bonds is 9. The van der Waals surface area contributed by atoms with E-state index in [1.54, 1.807) is 0 Å². The van der Waals surface area contributed by atoms with E-state index in [2.05, 4.69) is 10.0 Å². The summed E-state index contributed by atoms with van der Waals surface area (Å²) in [4.78, 5) is 27.3. The first-order valence-electron chi connectivity index (χ1n) is 10.1. The number of azide groups is 1. The Bertz CT molecular complexity index is 689. The van der Waals surface area contributed by atoms with E-state index in [-0.39, 0.29) is 32.5 Å². The van der Waals surface area contributed by atoms with Crippen LogP contribution in [-0.2, 0) is 33.3 Å². The highest BCUT2D eigenvalue weighted by molar-refractivity contribution is 5.82. The van der Waals surface area contributed by atoms with Gasteiger partial charge < -0.3 is 44.7 Å². The molecular formula is C18H30N4O10. The van der Waals surface area contributed by atoms with Gasteiger partial charge in [0.1, 0.15) is 24.4 Å². The molecule has 1 saturated carbocycles. The molecule has 1 heterocycles. The molecule has 14 heteroatoms. The molecule has 9 atom stereocenters. The smallest absolute Gasteiger partial charge is 0.309 e. The van der Waals surface area contributed by atoms with Crippen LogP contribution >= 0.6 is 0 Å². The Hall–Kier alpha value is -2.03. The van der Waals surface area contributed by atoms with E-state index >= 15 is 0 Å². The lowest BCUT2D eigenvalue weighted by Gasteiger charge is -2.44. The van der Waals surface area contributed by atoms with Crippen molar-refractivity contribution in [1.82, 2.24) is 0 Å². The van der Waals surface area contributed by atoms with Gasteiger partial charge in [-0.05, 0) is 18.4 Å². The molecule has 1 aliphatic heterocycles. The maximum Gasteiger partial charge on any atom is 0.309 e. The van der Waals surface area contributed by atoms with Gasteiger partial charge in [-0.25, -0.2) is 0 Å². The molecule has 2 aliphatic rings. The minimum Gasteiger partial charge on any atom is -0.469 e. The fraction of sp³-hybridized carbons (Fsp3) is 0.889. The predicted octanol–water partition coefficient (Wildman–Crippen LogP) is -1.79. The summed E-state index contributed by atoms with van der Waals surface area (Å²) in [6.45, 7) is -0.116. The molecule has 0 aromatic carbocycles. The summed E-state index contributed by atoms with van der Waals surface area (Å²) in [5.74, 6) is -3.07. The van der Waals surface area contributed by atoms with Crippen molar-refractivity contribution < 1.29 is 48.6 Å². The normalized spacial score (nSPS) is 37.2. The lowest BCUT2D eigenvalue weighted by Crippen LogP contribution is -2.61. The van der Waals surface area contributed by atoms with E-state index in [1.807, 2.05) is 0 Å². The third kappa shape index (κ3) is 6.05. The van der Waals surface area contributed by atoms with Crippen LogP contribution < -0.4 is 5.73 Å². The average Bonchev–Trinajstić information content (AvgIpc) is 2.81. The zero-order valence-electron chi connectivity index (χ0n) is 17.9. The Kier molecular flexibility index (Phi) is 10.1. The summed E-state index contributed by atoms with van der Waals surface area (Å²) in [6, 6.07) is 0. The molecule has 5 N–H and O–H groups in total. The Morgan fingerprint density at radius 3 is 2.19 bits per heavy atom. The van der Waals surface area contributed by atoms with Crippen molar-refractivity contribution in [2.75, 3.05) is 33.9 Å². The van der Waals surface area contributed by atoms with Crippen LogP contribution in [0.2, 0.25) is 0 Å². The Morgan fingerprint density at radius 2 is 1.66 bits per heavy atom. The number of hydrogen-bond donors (Lipinski definition) is 4. The number of carbonyl (C=O) groups excluding carboxylic acids is 2. The highest BCUT2D eigenvalue weighted by Crippen LogP contribution is 2.37. The summed E-state index contributed by atoms with van der Waals surface area (Å²) >= 11 is 0. The summed E-state index contributed by atoms with van der Waals surface area (Å²) in [7, 11) is 2.38. The molecule has 0 spiro atoms. The van der Waals surface area contributed by atoms with E-state index in [4.69, 9.17) is 34.9 Å². The van der Waals surface area contributed by atoms with Gasteiger partial charge in [0.25, 0.3) is 0 Å². The van der Waals surface area contributed by atoms with Gasteiger partial charge in [0.2, 0.25) is 0 Å². The van der Waals surface area contributed by atoms with Crippen molar-refractivity contribution in [3.8, 4) is 0 Å². The van der Waals surface area contributed by atoms with Gasteiger partial charge in [-0.2, -0.15) is 0 Å². The molecule has 0 amide bonds. The van der Waals surface area contributed by atoms with Gasteiger partial charge >= 0.3 is 11.9 Å². The molecule has 1 saturated heterocycles. The van der Waals surface area contributed by atoms with Crippen LogP contribution in [0, 0.1) is 11.8 Å². The fourth-order valence-corrected chi connectivity index (χ4v) is 3.96. The molecular weight excluding hydrogens is 432 g/mol. The van der Waals surface area contributed by atoms with Crippen molar-refractivity contribution in [3.05, 3.63) is 10.4 Å². The number of hydrogen-bond acceptors (Lipinski definition) is 12. The second-order valence-corrected chi connectivity index (χ2v) is 7.52. The minimum absolute atomic E-state index is 0.00616. The van der Waals surface area contributed by atoms with Gasteiger partial charge in [0.15, 0.2) is 6.29 Å². The quantitative estimate of drug-likeness (QED) is 0.0985. The molecule has 2 rings (SSSR count). The first-order valence-corrected chi connectivity index (χ1v) is 10.1. The first kappa shape index (κ1) is 26.2. The number of carbonyl (C=O) groups is 2. The van der Waals surface area contributed by atoms with E-state index < -0.39 is 66.7 Å². The molecule has 2 fully saturated rings. The van der Waals surface area contributed by atoms with Gasteiger partial charge in [-0.15, -0.1) is 0 Å². The highest BCUT2D eigenvalue weighted by Gasteiger charge is 2.50. The van der Waals surface area contributed by atoms with Crippen LogP contribution in [-0.4, -0.2) is 104 Å². The summed E-state index contributed by atoms with van der Waals surface area (Å²) in [5.41, 5.74) is 14.0. The maximum atomic E-state index is 12.3. The molecule has 0 aromatic rings. The zero-order chi connectivity index (χ0) is 23.8. The highest BCUT2D eigenvalue weighted by atomic mass is 16.7. The van der Waals surface area contributed by atoms with Gasteiger partial charge in [0, 0.05) is 18.0 Å². The molecule has 182 valence electrons. The molecule has 0 aromatic heterocycles. The predicted molar refractivity (Wildman–Crippen MR) is 105 cm³/mol. The van der Waals surface area contributed by atoms with Crippen LogP contribution in [0.3, 0.4) is 0 Å². The average molecular weight is 462 g/mol. The lowest BCUT2D eigenvalue weighted by molar-refractivity contribution is -0.316. The zero-order valence-corrected chi connectivity index (χ0v) is 17.9. The van der Waals surface area contributed by atoms with Crippen molar-refractivity contribution in [1.29, 1.82) is 0 Å². The van der Waals surface area contributed by atoms with Crippen LogP contribution in [0.1, 0.15) is 12.8 Å². The Morgan fingerprint density at radius 1 is 1.06 bits per heavy atom. The number of esters is 2. The summed E-state index contributed by atoms with van der Waals surface area (Å²) < 4.78 is 26.7. The third-order valence-corrected chi connectivity index (χ3v) is 5.68. The van der Waals surface area contributed by atoms with Gasteiger partial charge in [-0.1, -0.05) is 5.11 Å². The standard InChI is InChI=1S/C18H30N4O10/c1-28-16(26)8-5-10(30-4-3-21-22-20)11(6-9(8)17(27)29-2)31-18-15(25)14(24)13(23)12(7-19)32-18/h8-15,18,23-25H,3-7,19H2,1-2H3/t8-,9-,10-,11-,12+,13+,14-,15-,18-/m0/s1. The van der Waals surface area contributed by atoms with E-state index in [0.29, 0.717) is 0 Å². The van der Waals surface area contributed by atoms with Crippen LogP contribution in [0.5, 0.6) is 0 Å². The second-order valence-electron chi connectivity index (χ2n) is 7.52. The minimum atomic E-state index is -1.61. The molecule has 0 unspecified atom stereocenters.